The molecule has 0 spiro atoms. The number of aromatic nitrogens is 1. The zero-order valence-electron chi connectivity index (χ0n) is 16.3. The first-order valence-electron chi connectivity index (χ1n) is 9.46. The monoisotopic (exact) mass is 406 g/mol. The van der Waals surface area contributed by atoms with Crippen molar-refractivity contribution in [2.24, 2.45) is 0 Å². The smallest absolute Gasteiger partial charge is 0.292 e. The molecule has 3 rings (SSSR count). The molecule has 0 radical (unpaired) electrons. The van der Waals surface area contributed by atoms with Crippen molar-refractivity contribution in [1.82, 2.24) is 10.3 Å². The van der Waals surface area contributed by atoms with Gasteiger partial charge in [0.2, 0.25) is 5.91 Å². The van der Waals surface area contributed by atoms with Gasteiger partial charge in [-0.15, -0.1) is 0 Å². The highest BCUT2D eigenvalue weighted by atomic mass is 16.6. The van der Waals surface area contributed by atoms with Crippen LogP contribution in [0.5, 0.6) is 5.75 Å². The van der Waals surface area contributed by atoms with Gasteiger partial charge < -0.3 is 15.4 Å². The first-order chi connectivity index (χ1) is 14.6. The number of carbonyl (C=O) groups excluding carboxylic acids is 1. The van der Waals surface area contributed by atoms with Gasteiger partial charge in [0.25, 0.3) is 5.69 Å². The van der Waals surface area contributed by atoms with Gasteiger partial charge >= 0.3 is 0 Å². The Morgan fingerprint density at radius 2 is 1.83 bits per heavy atom. The number of rotatable bonds is 10. The Morgan fingerprint density at radius 1 is 1.03 bits per heavy atom. The van der Waals surface area contributed by atoms with Crippen LogP contribution >= 0.6 is 0 Å². The molecule has 1 amide bonds. The Morgan fingerprint density at radius 3 is 2.57 bits per heavy atom. The molecule has 0 aliphatic carbocycles. The summed E-state index contributed by atoms with van der Waals surface area (Å²) in [6.07, 6.45) is 3.68. The quantitative estimate of drug-likeness (QED) is 0.393. The number of anilines is 1. The summed E-state index contributed by atoms with van der Waals surface area (Å²) in [5, 5.41) is 16.8. The van der Waals surface area contributed by atoms with Crippen LogP contribution in [0, 0.1) is 10.1 Å². The van der Waals surface area contributed by atoms with E-state index in [0.29, 0.717) is 25.4 Å². The number of hydrogen-bond acceptors (Lipinski definition) is 6. The normalized spacial score (nSPS) is 10.3. The summed E-state index contributed by atoms with van der Waals surface area (Å²) in [6, 6.07) is 17.7. The number of para-hydroxylation sites is 2. The first-order valence-corrected chi connectivity index (χ1v) is 9.46. The van der Waals surface area contributed by atoms with Crippen LogP contribution in [0.15, 0.2) is 73.1 Å². The van der Waals surface area contributed by atoms with Gasteiger partial charge in [-0.25, -0.2) is 0 Å². The third-order valence-corrected chi connectivity index (χ3v) is 4.31. The van der Waals surface area contributed by atoms with E-state index in [1.807, 2.05) is 36.4 Å². The minimum atomic E-state index is -0.452. The second kappa shape index (κ2) is 10.6. The molecule has 8 heteroatoms. The van der Waals surface area contributed by atoms with Crippen LogP contribution in [-0.4, -0.2) is 22.4 Å². The van der Waals surface area contributed by atoms with Crippen molar-refractivity contribution < 1.29 is 14.5 Å². The van der Waals surface area contributed by atoms with Gasteiger partial charge in [-0.3, -0.25) is 19.9 Å². The van der Waals surface area contributed by atoms with E-state index in [4.69, 9.17) is 4.74 Å². The summed E-state index contributed by atoms with van der Waals surface area (Å²) in [4.78, 5) is 26.6. The molecular weight excluding hydrogens is 384 g/mol. The Kier molecular flexibility index (Phi) is 7.32. The molecule has 0 fully saturated rings. The van der Waals surface area contributed by atoms with E-state index in [0.717, 1.165) is 16.9 Å². The molecule has 0 atom stereocenters. The fourth-order valence-corrected chi connectivity index (χ4v) is 2.74. The van der Waals surface area contributed by atoms with Gasteiger partial charge in [-0.1, -0.05) is 30.3 Å². The number of hydrogen-bond donors (Lipinski definition) is 2. The highest BCUT2D eigenvalue weighted by Gasteiger charge is 2.12. The van der Waals surface area contributed by atoms with Gasteiger partial charge in [0.15, 0.2) is 0 Å². The molecule has 30 heavy (non-hydrogen) atoms. The van der Waals surface area contributed by atoms with Crippen LogP contribution in [0.2, 0.25) is 0 Å². The lowest BCUT2D eigenvalue weighted by atomic mass is 10.2. The Labute approximate surface area is 174 Å². The van der Waals surface area contributed by atoms with Gasteiger partial charge in [0.05, 0.1) is 4.92 Å². The Balaban J connectivity index is 1.39. The summed E-state index contributed by atoms with van der Waals surface area (Å²) in [5.74, 6) is 0.598. The molecule has 2 aromatic carbocycles. The third-order valence-electron chi connectivity index (χ3n) is 4.31. The molecule has 0 unspecified atom stereocenters. The summed E-state index contributed by atoms with van der Waals surface area (Å²) in [6.45, 7) is 1.14. The molecule has 1 heterocycles. The molecule has 0 aliphatic rings. The second-order valence-corrected chi connectivity index (χ2v) is 6.52. The highest BCUT2D eigenvalue weighted by Crippen LogP contribution is 2.22. The topological polar surface area (TPSA) is 106 Å². The summed E-state index contributed by atoms with van der Waals surface area (Å²) >= 11 is 0. The Hall–Kier alpha value is -3.94. The van der Waals surface area contributed by atoms with E-state index < -0.39 is 4.92 Å². The van der Waals surface area contributed by atoms with Crippen LogP contribution < -0.4 is 15.4 Å². The zero-order chi connectivity index (χ0) is 21.2. The predicted octanol–water partition coefficient (Wildman–Crippen LogP) is 3.69. The fourth-order valence-electron chi connectivity index (χ4n) is 2.74. The van der Waals surface area contributed by atoms with E-state index in [2.05, 4.69) is 15.6 Å². The second-order valence-electron chi connectivity index (χ2n) is 6.52. The van der Waals surface area contributed by atoms with Crippen molar-refractivity contribution in [3.63, 3.8) is 0 Å². The average molecular weight is 406 g/mol. The maximum absolute atomic E-state index is 12.0. The molecule has 0 saturated carbocycles. The summed E-state index contributed by atoms with van der Waals surface area (Å²) in [5.41, 5.74) is 2.33. The molecule has 0 bridgehead atoms. The molecule has 0 saturated heterocycles. The van der Waals surface area contributed by atoms with E-state index in [1.54, 1.807) is 30.6 Å². The van der Waals surface area contributed by atoms with Crippen molar-refractivity contribution in [3.05, 3.63) is 94.3 Å². The molecule has 2 N–H and O–H groups in total. The van der Waals surface area contributed by atoms with Crippen LogP contribution in [0.3, 0.4) is 0 Å². The third kappa shape index (κ3) is 6.30. The van der Waals surface area contributed by atoms with Gasteiger partial charge in [0, 0.05) is 43.5 Å². The van der Waals surface area contributed by atoms with Crippen LogP contribution in [0.4, 0.5) is 11.4 Å². The molecule has 0 aliphatic heterocycles. The average Bonchev–Trinajstić information content (AvgIpc) is 2.78. The Bertz CT molecular complexity index is 978. The van der Waals surface area contributed by atoms with Gasteiger partial charge in [-0.05, 0) is 29.8 Å². The number of nitro benzene ring substituents is 1. The van der Waals surface area contributed by atoms with Crippen LogP contribution in [-0.2, 0) is 17.9 Å². The van der Waals surface area contributed by atoms with E-state index in [-0.39, 0.29) is 18.0 Å². The number of benzene rings is 2. The summed E-state index contributed by atoms with van der Waals surface area (Å²) in [7, 11) is 0. The molecule has 154 valence electrons. The molecule has 1 aromatic heterocycles. The minimum absolute atomic E-state index is 0.0104. The van der Waals surface area contributed by atoms with Crippen LogP contribution in [0.25, 0.3) is 0 Å². The summed E-state index contributed by atoms with van der Waals surface area (Å²) < 4.78 is 5.71. The van der Waals surface area contributed by atoms with Crippen molar-refractivity contribution >= 4 is 17.3 Å². The molecular formula is C22H22N4O4. The maximum atomic E-state index is 12.0. The highest BCUT2D eigenvalue weighted by molar-refractivity contribution is 5.76. The number of amides is 1. The molecule has 3 aromatic rings. The van der Waals surface area contributed by atoms with Crippen molar-refractivity contribution in [2.45, 2.75) is 19.6 Å². The number of pyridine rings is 1. The number of carbonyl (C=O) groups is 1. The number of nitro groups is 1. The largest absolute Gasteiger partial charge is 0.489 e. The van der Waals surface area contributed by atoms with E-state index in [1.165, 1.54) is 6.07 Å². The van der Waals surface area contributed by atoms with Crippen molar-refractivity contribution in [1.29, 1.82) is 0 Å². The van der Waals surface area contributed by atoms with E-state index in [9.17, 15) is 14.9 Å². The zero-order valence-corrected chi connectivity index (χ0v) is 16.3. The van der Waals surface area contributed by atoms with Crippen molar-refractivity contribution in [3.8, 4) is 5.75 Å². The number of ether oxygens (including phenoxy) is 1. The predicted molar refractivity (Wildman–Crippen MR) is 113 cm³/mol. The van der Waals surface area contributed by atoms with E-state index >= 15 is 0 Å². The van der Waals surface area contributed by atoms with Gasteiger partial charge in [0.1, 0.15) is 18.0 Å². The lowest BCUT2D eigenvalue weighted by Crippen LogP contribution is -2.24. The number of nitrogens with zero attached hydrogens (tertiary/aromatic N) is 2. The SMILES string of the molecule is O=C(CCNc1ccccc1[N+](=O)[O-])NCc1ccc(OCc2cccnc2)cc1. The van der Waals surface area contributed by atoms with Gasteiger partial charge in [-0.2, -0.15) is 0 Å². The lowest BCUT2D eigenvalue weighted by molar-refractivity contribution is -0.384. The fraction of sp³-hybridized carbons (Fsp3) is 0.182. The first kappa shape index (κ1) is 20.8. The maximum Gasteiger partial charge on any atom is 0.292 e. The minimum Gasteiger partial charge on any atom is -0.489 e. The lowest BCUT2D eigenvalue weighted by Gasteiger charge is -2.09. The van der Waals surface area contributed by atoms with Crippen molar-refractivity contribution in [2.75, 3.05) is 11.9 Å². The standard InChI is InChI=1S/C22H22N4O4/c27-22(11-13-24-20-5-1-2-6-21(20)26(28)29)25-15-17-7-9-19(10-8-17)30-16-18-4-3-12-23-14-18/h1-10,12,14,24H,11,13,15-16H2,(H,25,27). The van der Waals surface area contributed by atoms with Crippen LogP contribution in [0.1, 0.15) is 17.5 Å². The molecule has 8 nitrogen and oxygen atoms in total. The number of nitrogens with one attached hydrogen (secondary N) is 2.